The van der Waals surface area contributed by atoms with Crippen molar-refractivity contribution in [3.05, 3.63) is 30.3 Å². The van der Waals surface area contributed by atoms with Crippen LogP contribution in [0.25, 0.3) is 0 Å². The summed E-state index contributed by atoms with van der Waals surface area (Å²) in [5.41, 5.74) is -1.51. The molecule has 2 N–H and O–H groups in total. The maximum absolute atomic E-state index is 12.5. The van der Waals surface area contributed by atoms with Crippen molar-refractivity contribution in [2.24, 2.45) is 0 Å². The minimum absolute atomic E-state index is 0.0156. The van der Waals surface area contributed by atoms with Crippen LogP contribution in [-0.4, -0.2) is 72.7 Å². The normalized spacial score (nSPS) is 23.6. The highest BCUT2D eigenvalue weighted by Gasteiger charge is 2.51. The molecule has 2 saturated heterocycles. The van der Waals surface area contributed by atoms with E-state index >= 15 is 0 Å². The Labute approximate surface area is 145 Å². The lowest BCUT2D eigenvalue weighted by atomic mass is 10.0. The molecule has 0 spiro atoms. The Hall–Kier alpha value is -2.45. The molecule has 1 atom stereocenters. The van der Waals surface area contributed by atoms with E-state index in [0.29, 0.717) is 32.0 Å². The molecule has 134 valence electrons. The van der Waals surface area contributed by atoms with Gasteiger partial charge >= 0.3 is 0 Å². The van der Waals surface area contributed by atoms with Crippen LogP contribution in [0.4, 0.5) is 5.69 Å². The lowest BCUT2D eigenvalue weighted by molar-refractivity contribution is -0.150. The van der Waals surface area contributed by atoms with Crippen LogP contribution in [0.3, 0.4) is 0 Å². The summed E-state index contributed by atoms with van der Waals surface area (Å²) in [6.45, 7) is 1.87. The summed E-state index contributed by atoms with van der Waals surface area (Å²) in [5, 5.41) is 12.9. The molecule has 0 bridgehead atoms. The van der Waals surface area contributed by atoms with Gasteiger partial charge in [0.1, 0.15) is 0 Å². The van der Waals surface area contributed by atoms with Crippen molar-refractivity contribution in [1.82, 2.24) is 10.2 Å². The fourth-order valence-corrected chi connectivity index (χ4v) is 3.00. The van der Waals surface area contributed by atoms with Gasteiger partial charge in [0.05, 0.1) is 19.8 Å². The third-order valence-electron chi connectivity index (χ3n) is 4.50. The summed E-state index contributed by atoms with van der Waals surface area (Å²) < 4.78 is 5.17. The third-order valence-corrected chi connectivity index (χ3v) is 4.50. The maximum atomic E-state index is 12.5. The monoisotopic (exact) mass is 347 g/mol. The molecule has 0 radical (unpaired) electrons. The van der Waals surface area contributed by atoms with E-state index in [0.717, 1.165) is 0 Å². The Morgan fingerprint density at radius 3 is 2.52 bits per heavy atom. The van der Waals surface area contributed by atoms with Crippen LogP contribution < -0.4 is 10.2 Å². The fourth-order valence-electron chi connectivity index (χ4n) is 3.00. The Morgan fingerprint density at radius 1 is 1.16 bits per heavy atom. The van der Waals surface area contributed by atoms with Crippen LogP contribution in [0, 0.1) is 0 Å². The zero-order chi connectivity index (χ0) is 17.9. The van der Waals surface area contributed by atoms with Crippen LogP contribution in [0.5, 0.6) is 0 Å². The van der Waals surface area contributed by atoms with Gasteiger partial charge in [0.15, 0.2) is 0 Å². The summed E-state index contributed by atoms with van der Waals surface area (Å²) in [6, 6.07) is 8.86. The highest BCUT2D eigenvalue weighted by atomic mass is 16.5. The van der Waals surface area contributed by atoms with Gasteiger partial charge in [0.2, 0.25) is 11.5 Å². The van der Waals surface area contributed by atoms with E-state index in [2.05, 4.69) is 5.32 Å². The molecule has 2 aliphatic heterocycles. The van der Waals surface area contributed by atoms with Crippen LogP contribution in [0.1, 0.15) is 6.42 Å². The van der Waals surface area contributed by atoms with E-state index < -0.39 is 17.4 Å². The minimum atomic E-state index is -2.14. The number of rotatable bonds is 4. The smallest absolute Gasteiger partial charge is 0.268 e. The highest BCUT2D eigenvalue weighted by molar-refractivity contribution is 6.16. The molecule has 1 aromatic carbocycles. The van der Waals surface area contributed by atoms with Gasteiger partial charge < -0.3 is 25.0 Å². The van der Waals surface area contributed by atoms with Gasteiger partial charge in [-0.15, -0.1) is 0 Å². The number of carbonyl (C=O) groups excluding carboxylic acids is 3. The molecule has 3 rings (SSSR count). The molecule has 2 fully saturated rings. The molecular weight excluding hydrogens is 326 g/mol. The lowest BCUT2D eigenvalue weighted by Crippen LogP contribution is -2.55. The maximum Gasteiger partial charge on any atom is 0.268 e. The number of hydrogen-bond donors (Lipinski definition) is 2. The van der Waals surface area contributed by atoms with Gasteiger partial charge in [-0.1, -0.05) is 18.2 Å². The van der Waals surface area contributed by atoms with Crippen molar-refractivity contribution in [2.45, 2.75) is 12.0 Å². The SMILES string of the molecule is O=C(CNC(=O)[C@@]1(O)CCN(c2ccccc2)C1=O)N1CCOCC1. The van der Waals surface area contributed by atoms with Gasteiger partial charge in [0, 0.05) is 31.7 Å². The lowest BCUT2D eigenvalue weighted by Gasteiger charge is -2.27. The Bertz CT molecular complexity index is 660. The van der Waals surface area contributed by atoms with E-state index in [1.165, 1.54) is 4.90 Å². The fraction of sp³-hybridized carbons (Fsp3) is 0.471. The first kappa shape index (κ1) is 17.4. The van der Waals surface area contributed by atoms with E-state index in [1.807, 2.05) is 6.07 Å². The molecule has 3 amide bonds. The Balaban J connectivity index is 1.59. The number of nitrogens with one attached hydrogen (secondary N) is 1. The topological polar surface area (TPSA) is 99.2 Å². The van der Waals surface area contributed by atoms with E-state index in [-0.39, 0.29) is 25.4 Å². The molecule has 2 heterocycles. The highest BCUT2D eigenvalue weighted by Crippen LogP contribution is 2.28. The first-order valence-electron chi connectivity index (χ1n) is 8.25. The predicted molar refractivity (Wildman–Crippen MR) is 88.8 cm³/mol. The average Bonchev–Trinajstić information content (AvgIpc) is 2.97. The number of hydrogen-bond acceptors (Lipinski definition) is 5. The van der Waals surface area contributed by atoms with Crippen molar-refractivity contribution in [2.75, 3.05) is 44.3 Å². The first-order valence-corrected chi connectivity index (χ1v) is 8.25. The molecule has 0 saturated carbocycles. The number of nitrogens with zero attached hydrogens (tertiary/aromatic N) is 2. The van der Waals surface area contributed by atoms with Gasteiger partial charge in [-0.25, -0.2) is 0 Å². The van der Waals surface area contributed by atoms with E-state index in [4.69, 9.17) is 4.74 Å². The zero-order valence-corrected chi connectivity index (χ0v) is 13.8. The van der Waals surface area contributed by atoms with Crippen LogP contribution in [-0.2, 0) is 19.1 Å². The van der Waals surface area contributed by atoms with Crippen molar-refractivity contribution < 1.29 is 24.2 Å². The number of aliphatic hydroxyl groups is 1. The third kappa shape index (κ3) is 3.49. The number of benzene rings is 1. The van der Waals surface area contributed by atoms with Crippen LogP contribution in [0.2, 0.25) is 0 Å². The summed E-state index contributed by atoms with van der Waals surface area (Å²) in [5.74, 6) is -1.77. The molecular formula is C17H21N3O5. The van der Waals surface area contributed by atoms with Gasteiger partial charge in [-0.05, 0) is 12.1 Å². The number of para-hydroxylation sites is 1. The van der Waals surface area contributed by atoms with Crippen molar-refractivity contribution >= 4 is 23.4 Å². The first-order chi connectivity index (χ1) is 12.0. The number of ether oxygens (including phenoxy) is 1. The van der Waals surface area contributed by atoms with Gasteiger partial charge in [-0.3, -0.25) is 14.4 Å². The average molecular weight is 347 g/mol. The molecule has 8 nitrogen and oxygen atoms in total. The molecule has 25 heavy (non-hydrogen) atoms. The second-order valence-corrected chi connectivity index (χ2v) is 6.08. The summed E-state index contributed by atoms with van der Waals surface area (Å²) in [4.78, 5) is 39.9. The van der Waals surface area contributed by atoms with Crippen molar-refractivity contribution in [3.63, 3.8) is 0 Å². The summed E-state index contributed by atoms with van der Waals surface area (Å²) >= 11 is 0. The molecule has 0 aliphatic carbocycles. The van der Waals surface area contributed by atoms with Gasteiger partial charge in [-0.2, -0.15) is 0 Å². The number of carbonyl (C=O) groups is 3. The minimum Gasteiger partial charge on any atom is -0.378 e. The van der Waals surface area contributed by atoms with E-state index in [9.17, 15) is 19.5 Å². The molecule has 2 aliphatic rings. The van der Waals surface area contributed by atoms with Crippen LogP contribution >= 0.6 is 0 Å². The summed E-state index contributed by atoms with van der Waals surface area (Å²) in [6.07, 6.45) is -0.0156. The molecule has 8 heteroatoms. The van der Waals surface area contributed by atoms with Gasteiger partial charge in [0.25, 0.3) is 11.8 Å². The summed E-state index contributed by atoms with van der Waals surface area (Å²) in [7, 11) is 0. The second-order valence-electron chi connectivity index (χ2n) is 6.08. The largest absolute Gasteiger partial charge is 0.378 e. The number of morpholine rings is 1. The molecule has 0 unspecified atom stereocenters. The zero-order valence-electron chi connectivity index (χ0n) is 13.8. The van der Waals surface area contributed by atoms with Crippen molar-refractivity contribution in [1.29, 1.82) is 0 Å². The number of anilines is 1. The van der Waals surface area contributed by atoms with Crippen molar-refractivity contribution in [3.8, 4) is 0 Å². The Morgan fingerprint density at radius 2 is 1.84 bits per heavy atom. The quantitative estimate of drug-likeness (QED) is 0.690. The standard InChI is InChI=1S/C17H21N3O5/c21-14(19-8-10-25-11-9-19)12-18-15(22)17(24)6-7-20(16(17)23)13-4-2-1-3-5-13/h1-5,24H,6-12H2,(H,18,22)/t17-/m0/s1. The molecule has 0 aromatic heterocycles. The Kier molecular flexibility index (Phi) is 5.00. The van der Waals surface area contributed by atoms with E-state index in [1.54, 1.807) is 29.2 Å². The predicted octanol–water partition coefficient (Wildman–Crippen LogP) is -0.871. The molecule has 1 aromatic rings. The number of amides is 3. The van der Waals surface area contributed by atoms with Crippen LogP contribution in [0.15, 0.2) is 30.3 Å². The second kappa shape index (κ2) is 7.20.